The molecule has 1 heterocycles. The van der Waals surface area contributed by atoms with Crippen molar-refractivity contribution in [2.24, 2.45) is 11.7 Å². The van der Waals surface area contributed by atoms with Crippen LogP contribution in [0.4, 0.5) is 0 Å². The number of para-hydroxylation sites is 1. The van der Waals surface area contributed by atoms with Crippen molar-refractivity contribution in [3.05, 3.63) is 48.3 Å². The van der Waals surface area contributed by atoms with Gasteiger partial charge < -0.3 is 11.1 Å². The van der Waals surface area contributed by atoms with E-state index in [-0.39, 0.29) is 5.91 Å². The first-order valence-electron chi connectivity index (χ1n) is 7.19. The summed E-state index contributed by atoms with van der Waals surface area (Å²) in [7, 11) is 0. The predicted octanol–water partition coefficient (Wildman–Crippen LogP) is 1.86. The zero-order valence-corrected chi connectivity index (χ0v) is 12.5. The van der Waals surface area contributed by atoms with Crippen LogP contribution in [0.5, 0.6) is 0 Å². The van der Waals surface area contributed by atoms with Gasteiger partial charge in [0.15, 0.2) is 0 Å². The SMILES string of the molecule is CC(C)C[C@H](N)C(=O)NCc1ccccc1-n1cccn1. The first-order chi connectivity index (χ1) is 10.1. The Labute approximate surface area is 125 Å². The average Bonchev–Trinajstić information content (AvgIpc) is 2.98. The van der Waals surface area contributed by atoms with E-state index in [1.807, 2.05) is 36.5 Å². The van der Waals surface area contributed by atoms with Crippen molar-refractivity contribution in [1.82, 2.24) is 15.1 Å². The van der Waals surface area contributed by atoms with Crippen molar-refractivity contribution in [2.45, 2.75) is 32.9 Å². The van der Waals surface area contributed by atoms with Crippen LogP contribution < -0.4 is 11.1 Å². The van der Waals surface area contributed by atoms with Crippen LogP contribution in [0.15, 0.2) is 42.7 Å². The predicted molar refractivity (Wildman–Crippen MR) is 82.8 cm³/mol. The van der Waals surface area contributed by atoms with Gasteiger partial charge in [0.05, 0.1) is 11.7 Å². The molecule has 1 amide bonds. The molecule has 1 aromatic carbocycles. The van der Waals surface area contributed by atoms with Crippen molar-refractivity contribution < 1.29 is 4.79 Å². The molecule has 0 aliphatic carbocycles. The number of nitrogens with two attached hydrogens (primary N) is 1. The Balaban J connectivity index is 2.02. The molecule has 1 atom stereocenters. The monoisotopic (exact) mass is 286 g/mol. The normalized spacial score (nSPS) is 12.4. The number of hydrogen-bond donors (Lipinski definition) is 2. The summed E-state index contributed by atoms with van der Waals surface area (Å²) < 4.78 is 1.79. The van der Waals surface area contributed by atoms with Gasteiger partial charge in [0.2, 0.25) is 5.91 Å². The van der Waals surface area contributed by atoms with Crippen LogP contribution in [0.3, 0.4) is 0 Å². The maximum atomic E-state index is 12.0. The number of rotatable bonds is 6. The van der Waals surface area contributed by atoms with Crippen molar-refractivity contribution in [3.8, 4) is 5.69 Å². The minimum atomic E-state index is -0.457. The summed E-state index contributed by atoms with van der Waals surface area (Å²) in [6, 6.07) is 9.26. The Hall–Kier alpha value is -2.14. The third-order valence-corrected chi connectivity index (χ3v) is 3.26. The Morgan fingerprint density at radius 3 is 2.76 bits per heavy atom. The van der Waals surface area contributed by atoms with Gasteiger partial charge in [-0.3, -0.25) is 4.79 Å². The van der Waals surface area contributed by atoms with E-state index in [1.54, 1.807) is 10.9 Å². The molecule has 21 heavy (non-hydrogen) atoms. The highest BCUT2D eigenvalue weighted by Crippen LogP contribution is 2.13. The molecule has 3 N–H and O–H groups in total. The minimum Gasteiger partial charge on any atom is -0.351 e. The smallest absolute Gasteiger partial charge is 0.237 e. The first kappa shape index (κ1) is 15.3. The van der Waals surface area contributed by atoms with Gasteiger partial charge in [-0.1, -0.05) is 32.0 Å². The van der Waals surface area contributed by atoms with E-state index in [4.69, 9.17) is 5.73 Å². The summed E-state index contributed by atoms with van der Waals surface area (Å²) in [6.07, 6.45) is 4.30. The zero-order chi connectivity index (χ0) is 15.2. The third-order valence-electron chi connectivity index (χ3n) is 3.26. The number of benzene rings is 1. The number of amides is 1. The summed E-state index contributed by atoms with van der Waals surface area (Å²) in [6.45, 7) is 4.56. The molecule has 0 saturated heterocycles. The van der Waals surface area contributed by atoms with E-state index < -0.39 is 6.04 Å². The molecule has 5 heteroatoms. The Kier molecular flexibility index (Phi) is 5.11. The maximum absolute atomic E-state index is 12.0. The molecular formula is C16H22N4O. The van der Waals surface area contributed by atoms with Crippen LogP contribution in [0.2, 0.25) is 0 Å². The molecule has 0 fully saturated rings. The molecule has 2 rings (SSSR count). The molecule has 112 valence electrons. The van der Waals surface area contributed by atoms with Gasteiger partial charge in [-0.05, 0) is 30.0 Å². The molecule has 0 spiro atoms. The fraction of sp³-hybridized carbons (Fsp3) is 0.375. The molecule has 0 aliphatic heterocycles. The van der Waals surface area contributed by atoms with Crippen molar-refractivity contribution in [2.75, 3.05) is 0 Å². The molecule has 5 nitrogen and oxygen atoms in total. The minimum absolute atomic E-state index is 0.112. The van der Waals surface area contributed by atoms with Crippen LogP contribution in [0, 0.1) is 5.92 Å². The van der Waals surface area contributed by atoms with Gasteiger partial charge in [-0.15, -0.1) is 0 Å². The van der Waals surface area contributed by atoms with Gasteiger partial charge in [0.1, 0.15) is 0 Å². The van der Waals surface area contributed by atoms with E-state index in [9.17, 15) is 4.79 Å². The Morgan fingerprint density at radius 1 is 1.33 bits per heavy atom. The molecule has 0 unspecified atom stereocenters. The second-order valence-corrected chi connectivity index (χ2v) is 5.53. The van der Waals surface area contributed by atoms with Crippen molar-refractivity contribution >= 4 is 5.91 Å². The quantitative estimate of drug-likeness (QED) is 0.851. The lowest BCUT2D eigenvalue weighted by atomic mass is 10.0. The lowest BCUT2D eigenvalue weighted by molar-refractivity contribution is -0.122. The fourth-order valence-corrected chi connectivity index (χ4v) is 2.22. The Bertz CT molecular complexity index is 578. The molecular weight excluding hydrogens is 264 g/mol. The van der Waals surface area contributed by atoms with Gasteiger partial charge in [0.25, 0.3) is 0 Å². The summed E-state index contributed by atoms with van der Waals surface area (Å²) in [5.41, 5.74) is 7.85. The van der Waals surface area contributed by atoms with E-state index in [0.29, 0.717) is 18.9 Å². The van der Waals surface area contributed by atoms with Crippen LogP contribution in [-0.2, 0) is 11.3 Å². The van der Waals surface area contributed by atoms with Crippen LogP contribution >= 0.6 is 0 Å². The summed E-state index contributed by atoms with van der Waals surface area (Å²) in [4.78, 5) is 12.0. The lowest BCUT2D eigenvalue weighted by Crippen LogP contribution is -2.41. The highest BCUT2D eigenvalue weighted by molar-refractivity contribution is 5.81. The molecule has 0 bridgehead atoms. The lowest BCUT2D eigenvalue weighted by Gasteiger charge is -2.15. The number of carbonyl (C=O) groups is 1. The largest absolute Gasteiger partial charge is 0.351 e. The van der Waals surface area contributed by atoms with E-state index in [1.165, 1.54) is 0 Å². The van der Waals surface area contributed by atoms with Crippen LogP contribution in [0.25, 0.3) is 5.69 Å². The van der Waals surface area contributed by atoms with Crippen molar-refractivity contribution in [3.63, 3.8) is 0 Å². The Morgan fingerprint density at radius 2 is 2.10 bits per heavy atom. The average molecular weight is 286 g/mol. The summed E-state index contributed by atoms with van der Waals surface area (Å²) >= 11 is 0. The second kappa shape index (κ2) is 7.04. The van der Waals surface area contributed by atoms with E-state index >= 15 is 0 Å². The molecule has 1 aromatic heterocycles. The molecule has 2 aromatic rings. The van der Waals surface area contributed by atoms with Gasteiger partial charge >= 0.3 is 0 Å². The number of aromatic nitrogens is 2. The molecule has 0 saturated carbocycles. The van der Waals surface area contributed by atoms with E-state index in [0.717, 1.165) is 11.3 Å². The molecule has 0 radical (unpaired) electrons. The number of hydrogen-bond acceptors (Lipinski definition) is 3. The highest BCUT2D eigenvalue weighted by atomic mass is 16.2. The third kappa shape index (κ3) is 4.16. The zero-order valence-electron chi connectivity index (χ0n) is 12.5. The van der Waals surface area contributed by atoms with Gasteiger partial charge in [-0.2, -0.15) is 5.10 Å². The van der Waals surface area contributed by atoms with Crippen LogP contribution in [-0.4, -0.2) is 21.7 Å². The molecule has 0 aliphatic rings. The standard InChI is InChI=1S/C16H22N4O/c1-12(2)10-14(17)16(21)18-11-13-6-3-4-7-15(13)20-9-5-8-19-20/h3-9,12,14H,10-11,17H2,1-2H3,(H,18,21)/t14-/m0/s1. The highest BCUT2D eigenvalue weighted by Gasteiger charge is 2.15. The summed E-state index contributed by atoms with van der Waals surface area (Å²) in [5, 5.41) is 7.13. The van der Waals surface area contributed by atoms with E-state index in [2.05, 4.69) is 24.3 Å². The van der Waals surface area contributed by atoms with Crippen LogP contribution in [0.1, 0.15) is 25.8 Å². The van der Waals surface area contributed by atoms with Gasteiger partial charge in [-0.25, -0.2) is 4.68 Å². The first-order valence-corrected chi connectivity index (χ1v) is 7.19. The topological polar surface area (TPSA) is 72.9 Å². The fourth-order valence-electron chi connectivity index (χ4n) is 2.22. The second-order valence-electron chi connectivity index (χ2n) is 5.53. The number of nitrogens with one attached hydrogen (secondary N) is 1. The maximum Gasteiger partial charge on any atom is 0.237 e. The number of nitrogens with zero attached hydrogens (tertiary/aromatic N) is 2. The number of carbonyl (C=O) groups excluding carboxylic acids is 1. The van der Waals surface area contributed by atoms with Gasteiger partial charge in [0, 0.05) is 18.9 Å². The van der Waals surface area contributed by atoms with Crippen molar-refractivity contribution in [1.29, 1.82) is 0 Å². The summed E-state index contributed by atoms with van der Waals surface area (Å²) in [5.74, 6) is 0.293.